The fraction of sp³-hybridized carbons (Fsp3) is 0.400. The number of carbonyl (C=O) groups excluding carboxylic acids is 2. The van der Waals surface area contributed by atoms with E-state index in [4.69, 9.17) is 0 Å². The molecule has 1 aliphatic heterocycles. The van der Waals surface area contributed by atoms with Crippen molar-refractivity contribution in [3.63, 3.8) is 0 Å². The van der Waals surface area contributed by atoms with Gasteiger partial charge < -0.3 is 10.6 Å². The minimum atomic E-state index is -0.466. The van der Waals surface area contributed by atoms with Crippen LogP contribution >= 0.6 is 0 Å². The van der Waals surface area contributed by atoms with Gasteiger partial charge in [0.2, 0.25) is 5.91 Å². The van der Waals surface area contributed by atoms with Gasteiger partial charge in [-0.25, -0.2) is 9.07 Å². The van der Waals surface area contributed by atoms with Crippen LogP contribution in [0.2, 0.25) is 0 Å². The van der Waals surface area contributed by atoms with Gasteiger partial charge in [-0.05, 0) is 43.5 Å². The quantitative estimate of drug-likeness (QED) is 0.753. The summed E-state index contributed by atoms with van der Waals surface area (Å²) in [5.41, 5.74) is 0.0743. The first-order valence-corrected chi connectivity index (χ1v) is 9.51. The Morgan fingerprint density at radius 1 is 1.24 bits per heavy atom. The highest BCUT2D eigenvalue weighted by atomic mass is 19.1. The fourth-order valence-electron chi connectivity index (χ4n) is 3.37. The van der Waals surface area contributed by atoms with Crippen LogP contribution in [0, 0.1) is 11.7 Å². The molecular weight excluding hydrogens is 377 g/mol. The summed E-state index contributed by atoms with van der Waals surface area (Å²) in [5, 5.41) is 9.37. The third-order valence-corrected chi connectivity index (χ3v) is 4.86. The Kier molecular flexibility index (Phi) is 6.71. The monoisotopic (exact) mass is 401 g/mol. The van der Waals surface area contributed by atoms with E-state index in [-0.39, 0.29) is 41.2 Å². The molecule has 1 aromatic carbocycles. The summed E-state index contributed by atoms with van der Waals surface area (Å²) in [4.78, 5) is 37.8. The van der Waals surface area contributed by atoms with E-state index in [1.165, 1.54) is 31.3 Å². The molecule has 29 heavy (non-hydrogen) atoms. The summed E-state index contributed by atoms with van der Waals surface area (Å²) in [6, 6.07) is 8.76. The summed E-state index contributed by atoms with van der Waals surface area (Å²) < 4.78 is 14.8. The zero-order valence-corrected chi connectivity index (χ0v) is 16.2. The van der Waals surface area contributed by atoms with Gasteiger partial charge in [0.25, 0.3) is 11.5 Å². The highest BCUT2D eigenvalue weighted by molar-refractivity contribution is 5.92. The van der Waals surface area contributed by atoms with E-state index in [9.17, 15) is 18.8 Å². The SMILES string of the molecule is Cn1nc(C(=O)NCC2CCCN(CC(=O)Nc3ccccc3F)C2)ccc1=O. The van der Waals surface area contributed by atoms with Crippen LogP contribution in [0.3, 0.4) is 0 Å². The maximum atomic E-state index is 13.7. The minimum Gasteiger partial charge on any atom is -0.350 e. The van der Waals surface area contributed by atoms with Crippen molar-refractivity contribution in [3.8, 4) is 0 Å². The van der Waals surface area contributed by atoms with Crippen molar-refractivity contribution in [2.45, 2.75) is 12.8 Å². The van der Waals surface area contributed by atoms with E-state index in [1.807, 2.05) is 4.90 Å². The van der Waals surface area contributed by atoms with Crippen molar-refractivity contribution in [2.75, 3.05) is 31.5 Å². The lowest BCUT2D eigenvalue weighted by Crippen LogP contribution is -2.44. The second kappa shape index (κ2) is 9.42. The van der Waals surface area contributed by atoms with Gasteiger partial charge in [-0.1, -0.05) is 12.1 Å². The van der Waals surface area contributed by atoms with Crippen LogP contribution in [-0.2, 0) is 11.8 Å². The third-order valence-electron chi connectivity index (χ3n) is 4.86. The molecule has 0 bridgehead atoms. The van der Waals surface area contributed by atoms with Crippen molar-refractivity contribution < 1.29 is 14.0 Å². The number of nitrogens with zero attached hydrogens (tertiary/aromatic N) is 3. The molecule has 2 N–H and O–H groups in total. The molecule has 2 aromatic rings. The maximum absolute atomic E-state index is 13.7. The van der Waals surface area contributed by atoms with Gasteiger partial charge in [0.05, 0.1) is 12.2 Å². The molecule has 1 atom stereocenters. The number of rotatable bonds is 6. The minimum absolute atomic E-state index is 0.168. The van der Waals surface area contributed by atoms with Crippen molar-refractivity contribution in [1.82, 2.24) is 20.0 Å². The van der Waals surface area contributed by atoms with Crippen LogP contribution in [-0.4, -0.2) is 52.7 Å². The molecule has 0 aliphatic carbocycles. The maximum Gasteiger partial charge on any atom is 0.271 e. The molecule has 154 valence electrons. The number of hydrogen-bond acceptors (Lipinski definition) is 5. The van der Waals surface area contributed by atoms with Crippen LogP contribution < -0.4 is 16.2 Å². The number of benzene rings is 1. The normalized spacial score (nSPS) is 17.0. The van der Waals surface area contributed by atoms with Crippen LogP contribution in [0.1, 0.15) is 23.3 Å². The van der Waals surface area contributed by atoms with E-state index in [0.717, 1.165) is 24.1 Å². The van der Waals surface area contributed by atoms with Crippen LogP contribution in [0.25, 0.3) is 0 Å². The zero-order chi connectivity index (χ0) is 20.8. The van der Waals surface area contributed by atoms with Gasteiger partial charge in [0, 0.05) is 26.2 Å². The molecule has 1 aromatic heterocycles. The second-order valence-corrected chi connectivity index (χ2v) is 7.16. The van der Waals surface area contributed by atoms with Gasteiger partial charge in [-0.3, -0.25) is 19.3 Å². The molecule has 0 spiro atoms. The highest BCUT2D eigenvalue weighted by Gasteiger charge is 2.22. The molecule has 2 amide bonds. The van der Waals surface area contributed by atoms with Crippen molar-refractivity contribution in [2.24, 2.45) is 13.0 Å². The first kappa shape index (κ1) is 20.7. The number of aromatic nitrogens is 2. The number of piperidine rings is 1. The molecular formula is C20H24FN5O3. The topological polar surface area (TPSA) is 96.3 Å². The summed E-state index contributed by atoms with van der Waals surface area (Å²) >= 11 is 0. The molecule has 2 heterocycles. The number of nitrogens with one attached hydrogen (secondary N) is 2. The van der Waals surface area contributed by atoms with E-state index in [2.05, 4.69) is 15.7 Å². The van der Waals surface area contributed by atoms with Crippen LogP contribution in [0.15, 0.2) is 41.2 Å². The molecule has 1 unspecified atom stereocenters. The summed E-state index contributed by atoms with van der Waals surface area (Å²) in [6.45, 7) is 2.05. The first-order valence-electron chi connectivity index (χ1n) is 9.51. The first-order chi connectivity index (χ1) is 13.9. The Hall–Kier alpha value is -3.07. The number of likely N-dealkylation sites (tertiary alicyclic amines) is 1. The number of halogens is 1. The standard InChI is InChI=1S/C20H24FN5O3/c1-25-19(28)9-8-17(24-25)20(29)22-11-14-5-4-10-26(12-14)13-18(27)23-16-7-3-2-6-15(16)21/h2-3,6-9,14H,4-5,10-13H2,1H3,(H,22,29)(H,23,27). The van der Waals surface area contributed by atoms with E-state index in [0.29, 0.717) is 13.1 Å². The molecule has 3 rings (SSSR count). The molecule has 0 saturated carbocycles. The zero-order valence-electron chi connectivity index (χ0n) is 16.2. The number of hydrogen-bond donors (Lipinski definition) is 2. The lowest BCUT2D eigenvalue weighted by Gasteiger charge is -2.32. The Morgan fingerprint density at radius 3 is 2.79 bits per heavy atom. The molecule has 0 radical (unpaired) electrons. The molecule has 8 nitrogen and oxygen atoms in total. The second-order valence-electron chi connectivity index (χ2n) is 7.16. The summed E-state index contributed by atoms with van der Waals surface area (Å²) in [5.74, 6) is -0.877. The van der Waals surface area contributed by atoms with Crippen LogP contribution in [0.5, 0.6) is 0 Å². The lowest BCUT2D eigenvalue weighted by molar-refractivity contribution is -0.117. The Bertz CT molecular complexity index is 946. The highest BCUT2D eigenvalue weighted by Crippen LogP contribution is 2.17. The van der Waals surface area contributed by atoms with Gasteiger partial charge in [0.1, 0.15) is 11.5 Å². The molecule has 1 saturated heterocycles. The number of anilines is 1. The van der Waals surface area contributed by atoms with Gasteiger partial charge in [-0.2, -0.15) is 5.10 Å². The molecule has 9 heteroatoms. The smallest absolute Gasteiger partial charge is 0.271 e. The average molecular weight is 401 g/mol. The largest absolute Gasteiger partial charge is 0.350 e. The van der Waals surface area contributed by atoms with Crippen molar-refractivity contribution >= 4 is 17.5 Å². The number of carbonyl (C=O) groups is 2. The number of para-hydroxylation sites is 1. The van der Waals surface area contributed by atoms with E-state index < -0.39 is 5.82 Å². The molecule has 1 fully saturated rings. The van der Waals surface area contributed by atoms with Gasteiger partial charge in [0.15, 0.2) is 0 Å². The van der Waals surface area contributed by atoms with Crippen LogP contribution in [0.4, 0.5) is 10.1 Å². The Labute approximate surface area is 167 Å². The third kappa shape index (κ3) is 5.71. The summed E-state index contributed by atoms with van der Waals surface area (Å²) in [7, 11) is 1.49. The predicted octanol–water partition coefficient (Wildman–Crippen LogP) is 1.000. The lowest BCUT2D eigenvalue weighted by atomic mass is 9.98. The van der Waals surface area contributed by atoms with Crippen molar-refractivity contribution in [1.29, 1.82) is 0 Å². The molecule has 1 aliphatic rings. The van der Waals surface area contributed by atoms with Gasteiger partial charge >= 0.3 is 0 Å². The predicted molar refractivity (Wildman–Crippen MR) is 106 cm³/mol. The number of amides is 2. The number of aryl methyl sites for hydroxylation is 1. The van der Waals surface area contributed by atoms with E-state index >= 15 is 0 Å². The fourth-order valence-corrected chi connectivity index (χ4v) is 3.37. The Morgan fingerprint density at radius 2 is 2.03 bits per heavy atom. The van der Waals surface area contributed by atoms with Gasteiger partial charge in [-0.15, -0.1) is 0 Å². The van der Waals surface area contributed by atoms with Crippen molar-refractivity contribution in [3.05, 3.63) is 58.3 Å². The Balaban J connectivity index is 1.48. The summed E-state index contributed by atoms with van der Waals surface area (Å²) in [6.07, 6.45) is 1.85. The van der Waals surface area contributed by atoms with E-state index in [1.54, 1.807) is 12.1 Å². The average Bonchev–Trinajstić information content (AvgIpc) is 2.70.